The first kappa shape index (κ1) is 16.6. The molecule has 3 aromatic rings. The highest BCUT2D eigenvalue weighted by molar-refractivity contribution is 5.82. The van der Waals surface area contributed by atoms with Gasteiger partial charge in [0, 0.05) is 24.2 Å². The number of nitrogens with zero attached hydrogens (tertiary/aromatic N) is 4. The number of nitrogens with one attached hydrogen (secondary N) is 1. The molecule has 8 heteroatoms. The summed E-state index contributed by atoms with van der Waals surface area (Å²) in [6.07, 6.45) is 5.53. The van der Waals surface area contributed by atoms with Crippen molar-refractivity contribution in [3.8, 4) is 0 Å². The molecule has 1 aliphatic rings. The van der Waals surface area contributed by atoms with Crippen molar-refractivity contribution in [1.29, 1.82) is 0 Å². The van der Waals surface area contributed by atoms with Gasteiger partial charge in [0.2, 0.25) is 5.95 Å². The Bertz CT molecular complexity index is 974. The number of alkyl halides is 3. The van der Waals surface area contributed by atoms with Crippen molar-refractivity contribution in [3.05, 3.63) is 59.7 Å². The normalized spacial score (nSPS) is 14.7. The van der Waals surface area contributed by atoms with Gasteiger partial charge in [-0.3, -0.25) is 0 Å². The van der Waals surface area contributed by atoms with Crippen LogP contribution in [0.2, 0.25) is 0 Å². The zero-order valence-electron chi connectivity index (χ0n) is 13.8. The minimum Gasteiger partial charge on any atom is -0.345 e. The number of fused-ring (bicyclic) bond motifs is 2. The Morgan fingerprint density at radius 3 is 2.96 bits per heavy atom. The SMILES string of the molecule is FC(F)(F)CNc1ncc2c(n1)CCCC=C2c1ccn2nccc2c1. The number of rotatable bonds is 3. The molecule has 0 spiro atoms. The largest absolute Gasteiger partial charge is 0.405 e. The first-order valence-electron chi connectivity index (χ1n) is 8.30. The van der Waals surface area contributed by atoms with Crippen molar-refractivity contribution in [2.45, 2.75) is 25.4 Å². The predicted molar refractivity (Wildman–Crippen MR) is 91.8 cm³/mol. The number of allylic oxidation sites excluding steroid dienone is 1. The molecule has 1 N–H and O–H groups in total. The minimum atomic E-state index is -4.30. The first-order valence-corrected chi connectivity index (χ1v) is 8.30. The molecule has 3 heterocycles. The number of aromatic nitrogens is 4. The van der Waals surface area contributed by atoms with Crippen LogP contribution in [0.3, 0.4) is 0 Å². The Labute approximate surface area is 147 Å². The highest BCUT2D eigenvalue weighted by Gasteiger charge is 2.27. The smallest absolute Gasteiger partial charge is 0.345 e. The van der Waals surface area contributed by atoms with Gasteiger partial charge in [0.25, 0.3) is 0 Å². The molecule has 0 amide bonds. The van der Waals surface area contributed by atoms with E-state index in [4.69, 9.17) is 0 Å². The van der Waals surface area contributed by atoms with Gasteiger partial charge in [-0.25, -0.2) is 14.5 Å². The average Bonchev–Trinajstić information content (AvgIpc) is 2.97. The molecule has 3 aromatic heterocycles. The fourth-order valence-electron chi connectivity index (χ4n) is 3.09. The minimum absolute atomic E-state index is 0.00793. The van der Waals surface area contributed by atoms with Crippen LogP contribution >= 0.6 is 0 Å². The molecule has 5 nitrogen and oxygen atoms in total. The zero-order valence-corrected chi connectivity index (χ0v) is 13.8. The van der Waals surface area contributed by atoms with Crippen molar-refractivity contribution in [2.24, 2.45) is 0 Å². The summed E-state index contributed by atoms with van der Waals surface area (Å²) in [7, 11) is 0. The molecular weight excluding hydrogens is 343 g/mol. The quantitative estimate of drug-likeness (QED) is 0.771. The second-order valence-corrected chi connectivity index (χ2v) is 6.15. The van der Waals surface area contributed by atoms with Crippen molar-refractivity contribution in [1.82, 2.24) is 19.6 Å². The molecule has 4 rings (SSSR count). The van der Waals surface area contributed by atoms with E-state index in [1.165, 1.54) is 0 Å². The summed E-state index contributed by atoms with van der Waals surface area (Å²) in [4.78, 5) is 8.41. The lowest BCUT2D eigenvalue weighted by atomic mass is 9.98. The molecule has 134 valence electrons. The van der Waals surface area contributed by atoms with E-state index >= 15 is 0 Å². The third-order valence-corrected chi connectivity index (χ3v) is 4.28. The Kier molecular flexibility index (Phi) is 4.10. The Morgan fingerprint density at radius 2 is 2.12 bits per heavy atom. The van der Waals surface area contributed by atoms with Gasteiger partial charge < -0.3 is 5.32 Å². The summed E-state index contributed by atoms with van der Waals surface area (Å²) in [5.41, 5.74) is 4.62. The molecule has 0 atom stereocenters. The van der Waals surface area contributed by atoms with Gasteiger partial charge in [-0.1, -0.05) is 6.08 Å². The lowest BCUT2D eigenvalue weighted by Crippen LogP contribution is -2.22. The highest BCUT2D eigenvalue weighted by atomic mass is 19.4. The summed E-state index contributed by atoms with van der Waals surface area (Å²) in [5, 5.41) is 6.44. The summed E-state index contributed by atoms with van der Waals surface area (Å²) < 4.78 is 39.0. The molecule has 26 heavy (non-hydrogen) atoms. The summed E-state index contributed by atoms with van der Waals surface area (Å²) in [5.74, 6) is 0.00793. The van der Waals surface area contributed by atoms with Crippen molar-refractivity contribution in [2.75, 3.05) is 11.9 Å². The molecular formula is C18H16F3N5. The summed E-state index contributed by atoms with van der Waals surface area (Å²) in [6.45, 7) is -1.15. The maximum atomic E-state index is 12.4. The third kappa shape index (κ3) is 3.40. The van der Waals surface area contributed by atoms with Crippen molar-refractivity contribution < 1.29 is 13.2 Å². The van der Waals surface area contributed by atoms with Crippen LogP contribution in [0.1, 0.15) is 29.7 Å². The maximum absolute atomic E-state index is 12.4. The number of pyridine rings is 1. The Morgan fingerprint density at radius 1 is 1.23 bits per heavy atom. The number of halogens is 3. The molecule has 0 saturated heterocycles. The van der Waals surface area contributed by atoms with Crippen molar-refractivity contribution in [3.63, 3.8) is 0 Å². The van der Waals surface area contributed by atoms with E-state index < -0.39 is 12.7 Å². The predicted octanol–water partition coefficient (Wildman–Crippen LogP) is 3.87. The van der Waals surface area contributed by atoms with E-state index in [2.05, 4.69) is 26.5 Å². The van der Waals surface area contributed by atoms with Gasteiger partial charge in [-0.15, -0.1) is 0 Å². The van der Waals surface area contributed by atoms with Gasteiger partial charge in [0.05, 0.1) is 11.2 Å². The van der Waals surface area contributed by atoms with Crippen molar-refractivity contribution >= 4 is 17.0 Å². The van der Waals surface area contributed by atoms with E-state index in [1.807, 2.05) is 24.4 Å². The van der Waals surface area contributed by atoms with Crippen LogP contribution in [0, 0.1) is 0 Å². The average molecular weight is 359 g/mol. The van der Waals surface area contributed by atoms with Crippen LogP contribution in [0.4, 0.5) is 19.1 Å². The maximum Gasteiger partial charge on any atom is 0.405 e. The Hall–Kier alpha value is -2.90. The summed E-state index contributed by atoms with van der Waals surface area (Å²) in [6, 6.07) is 5.92. The van der Waals surface area contributed by atoms with Gasteiger partial charge in [-0.2, -0.15) is 18.3 Å². The lowest BCUT2D eigenvalue weighted by molar-refractivity contribution is -0.115. The Balaban J connectivity index is 1.69. The van der Waals surface area contributed by atoms with Crippen LogP contribution in [0.25, 0.3) is 11.1 Å². The molecule has 0 saturated carbocycles. The molecule has 0 aliphatic heterocycles. The van der Waals surface area contributed by atoms with Crippen LogP contribution in [0.15, 0.2) is 42.9 Å². The van der Waals surface area contributed by atoms with E-state index in [1.54, 1.807) is 16.9 Å². The van der Waals surface area contributed by atoms with Gasteiger partial charge in [0.15, 0.2) is 0 Å². The topological polar surface area (TPSA) is 55.1 Å². The highest BCUT2D eigenvalue weighted by Crippen LogP contribution is 2.30. The third-order valence-electron chi connectivity index (χ3n) is 4.28. The fourth-order valence-corrected chi connectivity index (χ4v) is 3.09. The van der Waals surface area contributed by atoms with Gasteiger partial charge in [0.1, 0.15) is 6.54 Å². The van der Waals surface area contributed by atoms with E-state index in [9.17, 15) is 13.2 Å². The molecule has 1 aliphatic carbocycles. The molecule has 0 bridgehead atoms. The number of hydrogen-bond donors (Lipinski definition) is 1. The molecule has 0 aromatic carbocycles. The van der Waals surface area contributed by atoms with E-state index in [0.29, 0.717) is 6.42 Å². The standard InChI is InChI=1S/C18H16F3N5/c19-18(20,21)11-23-17-22-10-15-14(3-1-2-4-16(15)25-17)12-6-8-26-13(9-12)5-7-24-26/h3,5-10H,1-2,4,11H2,(H,22,23,25). The van der Waals surface area contributed by atoms with Crippen LogP contribution in [-0.2, 0) is 6.42 Å². The number of hydrogen-bond acceptors (Lipinski definition) is 4. The van der Waals surface area contributed by atoms with E-state index in [0.717, 1.165) is 40.8 Å². The first-order chi connectivity index (χ1) is 12.5. The molecule has 0 radical (unpaired) electrons. The fraction of sp³-hybridized carbons (Fsp3) is 0.278. The molecule has 0 fully saturated rings. The van der Waals surface area contributed by atoms with Crippen LogP contribution < -0.4 is 5.32 Å². The molecule has 0 unspecified atom stereocenters. The second-order valence-electron chi connectivity index (χ2n) is 6.15. The van der Waals surface area contributed by atoms with Crippen LogP contribution in [0.5, 0.6) is 0 Å². The number of anilines is 1. The number of aryl methyl sites for hydroxylation is 1. The van der Waals surface area contributed by atoms with E-state index in [-0.39, 0.29) is 5.95 Å². The van der Waals surface area contributed by atoms with Gasteiger partial charge in [-0.05, 0) is 48.6 Å². The second kappa shape index (κ2) is 6.44. The zero-order chi connectivity index (χ0) is 18.1. The monoisotopic (exact) mass is 359 g/mol. The van der Waals surface area contributed by atoms with Gasteiger partial charge >= 0.3 is 6.18 Å². The summed E-state index contributed by atoms with van der Waals surface area (Å²) >= 11 is 0. The lowest BCUT2D eigenvalue weighted by Gasteiger charge is -2.13. The van der Waals surface area contributed by atoms with Crippen LogP contribution in [-0.4, -0.2) is 32.3 Å².